The van der Waals surface area contributed by atoms with Crippen molar-refractivity contribution >= 4 is 7.92 Å². The Balaban J connectivity index is 0. The smallest absolute Gasteiger partial charge is 0.851 e. The molecule has 5 heteroatoms. The number of hydrogen-bond acceptors (Lipinski definition) is 3. The van der Waals surface area contributed by atoms with Crippen LogP contribution in [0.2, 0.25) is 0 Å². The van der Waals surface area contributed by atoms with Crippen LogP contribution in [-0.2, 0) is 22.4 Å². The predicted octanol–water partition coefficient (Wildman–Crippen LogP) is -2.58. The van der Waals surface area contributed by atoms with Crippen LogP contribution in [0, 0.1) is 0 Å². The van der Waals surface area contributed by atoms with E-state index < -0.39 is 27.0 Å². The summed E-state index contributed by atoms with van der Waals surface area (Å²) in [5.41, 5.74) is 0. The van der Waals surface area contributed by atoms with Gasteiger partial charge in [0.1, 0.15) is 0 Å². The fourth-order valence-corrected chi connectivity index (χ4v) is 0.335. The Hall–Kier alpha value is 1.05. The molecule has 0 aliphatic heterocycles. The zero-order valence-electron chi connectivity index (χ0n) is 4.09. The molecule has 0 rings (SSSR count). The van der Waals surface area contributed by atoms with E-state index in [9.17, 15) is 15.3 Å². The zero-order valence-corrected chi connectivity index (χ0v) is 7.16. The topological polar surface area (TPSA) is 69.2 Å². The molecule has 0 heterocycles. The second-order valence-electron chi connectivity index (χ2n) is 1.06. The van der Waals surface area contributed by atoms with Crippen molar-refractivity contribution in [2.75, 3.05) is 19.0 Å². The molecule has 0 fully saturated rings. The van der Waals surface area contributed by atoms with Crippen LogP contribution >= 0.6 is 7.92 Å². The molecular formula is C3H6AuO3P. The first kappa shape index (κ1) is 11.8. The predicted molar refractivity (Wildman–Crippen MR) is 21.5 cm³/mol. The van der Waals surface area contributed by atoms with E-state index in [-0.39, 0.29) is 22.4 Å². The minimum absolute atomic E-state index is 0. The van der Waals surface area contributed by atoms with Crippen molar-refractivity contribution in [2.24, 2.45) is 0 Å². The monoisotopic (exact) mass is 318 g/mol. The Bertz CT molecular complexity index is 36.0. The second kappa shape index (κ2) is 8.05. The van der Waals surface area contributed by atoms with Gasteiger partial charge < -0.3 is 15.3 Å². The van der Waals surface area contributed by atoms with Crippen LogP contribution in [0.4, 0.5) is 0 Å². The Kier molecular flexibility index (Phi) is 11.9. The molecule has 0 aliphatic carbocycles. The summed E-state index contributed by atoms with van der Waals surface area (Å²) < 4.78 is 0. The molecular weight excluding hydrogens is 312 g/mol. The fourth-order valence-electron chi connectivity index (χ4n) is 0.112. The maximum Gasteiger partial charge on any atom is 3.00 e. The van der Waals surface area contributed by atoms with Crippen molar-refractivity contribution < 1.29 is 37.7 Å². The van der Waals surface area contributed by atoms with Crippen molar-refractivity contribution in [3.63, 3.8) is 0 Å². The van der Waals surface area contributed by atoms with Gasteiger partial charge in [-0.1, -0.05) is 0 Å². The quantitative estimate of drug-likeness (QED) is 0.424. The molecule has 0 saturated carbocycles. The molecule has 0 saturated heterocycles. The standard InChI is InChI=1S/C3H6O3P.Au/c4-1-7(2-5)3-6;/h1-3H2;/q-3;+3. The Morgan fingerprint density at radius 1 is 0.875 bits per heavy atom. The summed E-state index contributed by atoms with van der Waals surface area (Å²) in [6.07, 6.45) is -1.37. The van der Waals surface area contributed by atoms with Gasteiger partial charge in [-0.05, 0) is 0 Å². The van der Waals surface area contributed by atoms with E-state index in [0.29, 0.717) is 0 Å². The van der Waals surface area contributed by atoms with Crippen molar-refractivity contribution in [1.82, 2.24) is 0 Å². The van der Waals surface area contributed by atoms with Gasteiger partial charge in [0.25, 0.3) is 0 Å². The summed E-state index contributed by atoms with van der Waals surface area (Å²) in [6.45, 7) is 0. The summed E-state index contributed by atoms with van der Waals surface area (Å²) in [5, 5.41) is 29.2. The fraction of sp³-hybridized carbons (Fsp3) is 1.00. The van der Waals surface area contributed by atoms with Crippen molar-refractivity contribution in [3.05, 3.63) is 0 Å². The summed E-state index contributed by atoms with van der Waals surface area (Å²) in [4.78, 5) is 0. The molecule has 0 N–H and O–H groups in total. The molecule has 0 unspecified atom stereocenters. The van der Waals surface area contributed by atoms with Crippen molar-refractivity contribution in [2.45, 2.75) is 0 Å². The van der Waals surface area contributed by atoms with E-state index in [0.717, 1.165) is 0 Å². The zero-order chi connectivity index (χ0) is 5.70. The third-order valence-electron chi connectivity index (χ3n) is 0.548. The largest absolute Gasteiger partial charge is 3.00 e. The van der Waals surface area contributed by atoms with Crippen LogP contribution in [0.3, 0.4) is 0 Å². The molecule has 0 atom stereocenters. The van der Waals surface area contributed by atoms with E-state index in [1.165, 1.54) is 0 Å². The normalized spacial score (nSPS) is 9.00. The van der Waals surface area contributed by atoms with Gasteiger partial charge in [0, 0.05) is 0 Å². The molecule has 0 aromatic rings. The van der Waals surface area contributed by atoms with Crippen LogP contribution in [0.1, 0.15) is 0 Å². The molecule has 0 aliphatic rings. The molecule has 8 heavy (non-hydrogen) atoms. The van der Waals surface area contributed by atoms with Crippen molar-refractivity contribution in [1.29, 1.82) is 0 Å². The number of rotatable bonds is 3. The molecule has 3 nitrogen and oxygen atoms in total. The minimum Gasteiger partial charge on any atom is -0.851 e. The molecule has 0 bridgehead atoms. The maximum absolute atomic E-state index is 9.72. The first-order valence-electron chi connectivity index (χ1n) is 1.81. The van der Waals surface area contributed by atoms with Gasteiger partial charge in [-0.25, -0.2) is 0 Å². The van der Waals surface area contributed by atoms with Gasteiger partial charge in [-0.15, -0.1) is 19.0 Å². The van der Waals surface area contributed by atoms with E-state index in [2.05, 4.69) is 0 Å². The molecule has 0 spiro atoms. The van der Waals surface area contributed by atoms with E-state index >= 15 is 0 Å². The van der Waals surface area contributed by atoms with Gasteiger partial charge in [0.05, 0.1) is 0 Å². The molecule has 0 aromatic heterocycles. The molecule has 0 aromatic carbocycles. The molecule has 0 amide bonds. The Morgan fingerprint density at radius 2 is 1.12 bits per heavy atom. The third kappa shape index (κ3) is 5.19. The maximum atomic E-state index is 9.72. The molecule has 0 radical (unpaired) electrons. The Labute approximate surface area is 65.0 Å². The van der Waals surface area contributed by atoms with Gasteiger partial charge in [-0.3, -0.25) is 0 Å². The van der Waals surface area contributed by atoms with Crippen LogP contribution in [0.15, 0.2) is 0 Å². The third-order valence-corrected chi connectivity index (χ3v) is 1.64. The summed E-state index contributed by atoms with van der Waals surface area (Å²) in [5.74, 6) is 0. The van der Waals surface area contributed by atoms with E-state index in [1.807, 2.05) is 0 Å². The van der Waals surface area contributed by atoms with Gasteiger partial charge in [0.15, 0.2) is 0 Å². The second-order valence-corrected chi connectivity index (χ2v) is 3.17. The first-order valence-corrected chi connectivity index (χ1v) is 3.71. The van der Waals surface area contributed by atoms with Crippen LogP contribution in [0.5, 0.6) is 0 Å². The SMILES string of the molecule is [Au+3].[O-]CP(C[O-])C[O-]. The average Bonchev–Trinajstić information content (AvgIpc) is 1.72. The van der Waals surface area contributed by atoms with Gasteiger partial charge in [-0.2, -0.15) is 7.92 Å². The minimum atomic E-state index is -1.22. The van der Waals surface area contributed by atoms with Gasteiger partial charge >= 0.3 is 22.4 Å². The van der Waals surface area contributed by atoms with Crippen LogP contribution in [-0.4, -0.2) is 19.0 Å². The van der Waals surface area contributed by atoms with Crippen molar-refractivity contribution in [3.8, 4) is 0 Å². The van der Waals surface area contributed by atoms with E-state index in [4.69, 9.17) is 0 Å². The first-order chi connectivity index (χ1) is 3.35. The number of hydrogen-bond donors (Lipinski definition) is 0. The van der Waals surface area contributed by atoms with Gasteiger partial charge in [0.2, 0.25) is 0 Å². The summed E-state index contributed by atoms with van der Waals surface area (Å²) in [7, 11) is -1.22. The van der Waals surface area contributed by atoms with E-state index in [1.54, 1.807) is 0 Å². The molecule has 52 valence electrons. The van der Waals surface area contributed by atoms with Crippen LogP contribution < -0.4 is 15.3 Å². The summed E-state index contributed by atoms with van der Waals surface area (Å²) in [6, 6.07) is 0. The Morgan fingerprint density at radius 3 is 1.12 bits per heavy atom. The van der Waals surface area contributed by atoms with Crippen LogP contribution in [0.25, 0.3) is 0 Å². The summed E-state index contributed by atoms with van der Waals surface area (Å²) >= 11 is 0. The average molecular weight is 318 g/mol.